The van der Waals surface area contributed by atoms with Crippen molar-refractivity contribution in [3.8, 4) is 0 Å². The minimum atomic E-state index is -0.366. The van der Waals surface area contributed by atoms with Crippen LogP contribution in [0.15, 0.2) is 18.2 Å². The van der Waals surface area contributed by atoms with Crippen LogP contribution in [-0.4, -0.2) is 25.7 Å². The van der Waals surface area contributed by atoms with Gasteiger partial charge in [-0.25, -0.2) is 4.79 Å². The Morgan fingerprint density at radius 2 is 2.37 bits per heavy atom. The zero-order valence-electron chi connectivity index (χ0n) is 12.0. The van der Waals surface area contributed by atoms with Gasteiger partial charge in [-0.3, -0.25) is 0 Å². The first-order valence-corrected chi connectivity index (χ1v) is 6.87. The molecule has 5 heteroatoms. The zero-order chi connectivity index (χ0) is 13.8. The highest BCUT2D eigenvalue weighted by molar-refractivity contribution is 6.31. The van der Waals surface area contributed by atoms with Crippen LogP contribution in [0.4, 0.5) is 5.69 Å². The van der Waals surface area contributed by atoms with Crippen molar-refractivity contribution in [3.63, 3.8) is 0 Å². The zero-order valence-corrected chi connectivity index (χ0v) is 11.7. The highest BCUT2D eigenvalue weighted by atomic mass is 35.5. The van der Waals surface area contributed by atoms with E-state index in [1.54, 1.807) is 18.2 Å². The number of nitrogens with two attached hydrogens (primary N) is 1. The number of carbonyl (C=O) groups is 1. The van der Waals surface area contributed by atoms with Crippen molar-refractivity contribution in [2.24, 2.45) is 11.7 Å². The maximum atomic E-state index is 11.7. The third kappa shape index (κ3) is 3.39. The maximum absolute atomic E-state index is 11.7. The standard InChI is InChI=1S/C14H19ClN2O2/c1-19-14(18)11-6-5-10(15)7-13(11)17-8-9-3-2-4-12(9)16/h5-7,9,12,17H,2-4,8,16H2,1H3/p+1/t9-,12-/m0/s1. The third-order valence-corrected chi connectivity index (χ3v) is 3.89. The molecule has 2 atom stereocenters. The molecule has 1 aromatic carbocycles. The van der Waals surface area contributed by atoms with Gasteiger partial charge in [0.2, 0.25) is 0 Å². The van der Waals surface area contributed by atoms with Gasteiger partial charge in [-0.2, -0.15) is 0 Å². The summed E-state index contributed by atoms with van der Waals surface area (Å²) in [5.74, 6) is 0.0827. The molecule has 0 heterocycles. The molecule has 0 saturated heterocycles. The van der Waals surface area contributed by atoms with Gasteiger partial charge >= 0.3 is 7.40 Å². The van der Waals surface area contributed by atoms with Gasteiger partial charge in [-0.1, -0.05) is 18.0 Å². The number of rotatable bonds is 4. The second-order valence-corrected chi connectivity index (χ2v) is 5.35. The van der Waals surface area contributed by atoms with Crippen LogP contribution in [0, 0.1) is 5.92 Å². The first kappa shape index (κ1) is 14.2. The molecule has 0 amide bonds. The van der Waals surface area contributed by atoms with E-state index in [0.29, 0.717) is 22.2 Å². The van der Waals surface area contributed by atoms with Crippen LogP contribution in [-0.2, 0) is 4.74 Å². The summed E-state index contributed by atoms with van der Waals surface area (Å²) < 4.78 is 4.76. The first-order valence-electron chi connectivity index (χ1n) is 6.49. The molecule has 4 nitrogen and oxygen atoms in total. The molecule has 1 fully saturated rings. The molecule has 1 aliphatic rings. The number of esters is 1. The molecule has 3 N–H and O–H groups in total. The van der Waals surface area contributed by atoms with E-state index in [2.05, 4.69) is 5.32 Å². The van der Waals surface area contributed by atoms with Crippen molar-refractivity contribution in [3.05, 3.63) is 28.8 Å². The fourth-order valence-electron chi connectivity index (χ4n) is 2.51. The quantitative estimate of drug-likeness (QED) is 0.834. The Labute approximate surface area is 119 Å². The van der Waals surface area contributed by atoms with Crippen molar-refractivity contribution < 1.29 is 11.0 Å². The van der Waals surface area contributed by atoms with Crippen LogP contribution < -0.4 is 11.1 Å². The van der Waals surface area contributed by atoms with Crippen molar-refractivity contribution in [2.45, 2.75) is 25.3 Å². The van der Waals surface area contributed by atoms with Gasteiger partial charge in [0.15, 0.2) is 0 Å². The number of benzene rings is 1. The molecule has 1 aromatic rings. The third-order valence-electron chi connectivity index (χ3n) is 3.66. The van der Waals surface area contributed by atoms with Crippen molar-refractivity contribution >= 4 is 23.3 Å². The lowest BCUT2D eigenvalue weighted by Crippen LogP contribution is -2.30. The maximum Gasteiger partial charge on any atom is 1.00 e. The van der Waals surface area contributed by atoms with Gasteiger partial charge in [0, 0.05) is 17.6 Å². The summed E-state index contributed by atoms with van der Waals surface area (Å²) in [4.78, 5) is 11.7. The van der Waals surface area contributed by atoms with Crippen LogP contribution in [0.5, 0.6) is 0 Å². The Kier molecular flexibility index (Phi) is 4.66. The van der Waals surface area contributed by atoms with E-state index in [4.69, 9.17) is 22.1 Å². The predicted octanol–water partition coefficient (Wildman–Crippen LogP) is 2.78. The minimum absolute atomic E-state index is 0. The van der Waals surface area contributed by atoms with E-state index in [0.717, 1.165) is 19.4 Å². The Balaban J connectivity index is 0.00000200. The minimum Gasteiger partial charge on any atom is -0.465 e. The monoisotopic (exact) mass is 283 g/mol. The average molecular weight is 284 g/mol. The Morgan fingerprint density at radius 1 is 1.58 bits per heavy atom. The lowest BCUT2D eigenvalue weighted by molar-refractivity contribution is 0.0602. The summed E-state index contributed by atoms with van der Waals surface area (Å²) in [7, 11) is 1.37. The largest absolute Gasteiger partial charge is 1.00 e. The van der Waals surface area contributed by atoms with Gasteiger partial charge in [0.1, 0.15) is 0 Å². The number of carbonyl (C=O) groups excluding carboxylic acids is 1. The molecule has 0 bridgehead atoms. The van der Waals surface area contributed by atoms with Crippen LogP contribution in [0.1, 0.15) is 31.0 Å². The van der Waals surface area contributed by atoms with E-state index in [1.165, 1.54) is 13.5 Å². The van der Waals surface area contributed by atoms with Crippen molar-refractivity contribution in [1.82, 2.24) is 0 Å². The molecule has 19 heavy (non-hydrogen) atoms. The van der Waals surface area contributed by atoms with Gasteiger partial charge in [-0.05, 0) is 37.0 Å². The average Bonchev–Trinajstić information content (AvgIpc) is 2.81. The molecule has 1 saturated carbocycles. The van der Waals surface area contributed by atoms with Crippen LogP contribution >= 0.6 is 11.6 Å². The molecular formula is C14H20ClN2O2+. The second-order valence-electron chi connectivity index (χ2n) is 4.92. The summed E-state index contributed by atoms with van der Waals surface area (Å²) in [6, 6.07) is 5.34. The van der Waals surface area contributed by atoms with E-state index in [1.807, 2.05) is 0 Å². The van der Waals surface area contributed by atoms with Crippen molar-refractivity contribution in [2.75, 3.05) is 19.0 Å². The molecule has 0 aliphatic heterocycles. The fourth-order valence-corrected chi connectivity index (χ4v) is 2.68. The van der Waals surface area contributed by atoms with Gasteiger partial charge in [0.05, 0.1) is 18.4 Å². The smallest absolute Gasteiger partial charge is 0.465 e. The lowest BCUT2D eigenvalue weighted by Gasteiger charge is -2.18. The van der Waals surface area contributed by atoms with E-state index >= 15 is 0 Å². The summed E-state index contributed by atoms with van der Waals surface area (Å²) in [6.07, 6.45) is 3.38. The molecule has 0 aromatic heterocycles. The van der Waals surface area contributed by atoms with Crippen LogP contribution in [0.2, 0.25) is 5.02 Å². The van der Waals surface area contributed by atoms with E-state index < -0.39 is 0 Å². The Hall–Kier alpha value is -1.26. The summed E-state index contributed by atoms with van der Waals surface area (Å²) >= 11 is 5.97. The summed E-state index contributed by atoms with van der Waals surface area (Å²) in [5.41, 5.74) is 7.24. The number of halogens is 1. The van der Waals surface area contributed by atoms with Crippen molar-refractivity contribution in [1.29, 1.82) is 0 Å². The highest BCUT2D eigenvalue weighted by Crippen LogP contribution is 2.26. The van der Waals surface area contributed by atoms with Crippen LogP contribution in [0.25, 0.3) is 0 Å². The van der Waals surface area contributed by atoms with Gasteiger partial charge in [0.25, 0.3) is 0 Å². The van der Waals surface area contributed by atoms with Gasteiger partial charge in [-0.15, -0.1) is 0 Å². The number of ether oxygens (including phenoxy) is 1. The number of hydrogen-bond acceptors (Lipinski definition) is 4. The Morgan fingerprint density at radius 3 is 3.00 bits per heavy atom. The topological polar surface area (TPSA) is 64.3 Å². The molecule has 0 unspecified atom stereocenters. The van der Waals surface area contributed by atoms with Crippen LogP contribution in [0.3, 0.4) is 0 Å². The number of nitrogens with one attached hydrogen (secondary N) is 1. The summed E-state index contributed by atoms with van der Waals surface area (Å²) in [6.45, 7) is 0.755. The lowest BCUT2D eigenvalue weighted by atomic mass is 10.0. The fraction of sp³-hybridized carbons (Fsp3) is 0.500. The number of methoxy groups -OCH3 is 1. The first-order chi connectivity index (χ1) is 9.11. The second kappa shape index (κ2) is 6.26. The predicted molar refractivity (Wildman–Crippen MR) is 77.7 cm³/mol. The number of hydrogen-bond donors (Lipinski definition) is 2. The summed E-state index contributed by atoms with van der Waals surface area (Å²) in [5, 5.41) is 3.87. The normalized spacial score (nSPS) is 22.3. The molecule has 0 radical (unpaired) electrons. The SMILES string of the molecule is COC(=O)c1ccc(Cl)cc1NC[C@@H]1CCC[C@@H]1N.[H+]. The molecular weight excluding hydrogens is 264 g/mol. The van der Waals surface area contributed by atoms with Gasteiger partial charge < -0.3 is 15.8 Å². The number of anilines is 1. The highest BCUT2D eigenvalue weighted by Gasteiger charge is 2.24. The molecule has 2 rings (SSSR count). The Bertz CT molecular complexity index is 470. The van der Waals surface area contributed by atoms with E-state index in [9.17, 15) is 4.79 Å². The molecule has 1 aliphatic carbocycles. The molecule has 104 valence electrons. The molecule has 0 spiro atoms. The van der Waals surface area contributed by atoms with E-state index in [-0.39, 0.29) is 13.4 Å².